The number of carbonyl (C=O) groups is 3. The lowest BCUT2D eigenvalue weighted by molar-refractivity contribution is -0.167. The van der Waals surface area contributed by atoms with Crippen molar-refractivity contribution in [2.45, 2.75) is 329 Å². The fourth-order valence-corrected chi connectivity index (χ4v) is 9.27. The standard InChI is InChI=1S/C70H122O6/c1-4-7-10-13-16-19-22-24-26-28-30-32-33-34-35-36-37-39-40-42-44-46-48-51-54-57-60-63-69(72)75-66-67(65-74-68(71)62-59-56-53-50-21-18-15-12-9-6-3)76-70(73)64-61-58-55-52-49-47-45-43-41-38-31-29-27-25-23-20-17-14-11-8-5-2/h8,11,17,20,22,24-25,27-28,30-31,38,43,45,67H,4-7,9-10,12-16,18-19,21,23,26,29,32-37,39-42,44,46-66H2,1-3H3/b11-8-,20-17-,24-22-,27-25-,30-28-,38-31-,45-43-. The van der Waals surface area contributed by atoms with Crippen LogP contribution in [-0.4, -0.2) is 37.2 Å². The first-order valence-corrected chi connectivity index (χ1v) is 32.6. The molecule has 0 aromatic carbocycles. The van der Waals surface area contributed by atoms with Gasteiger partial charge in [-0.25, -0.2) is 0 Å². The van der Waals surface area contributed by atoms with Crippen molar-refractivity contribution in [3.8, 4) is 0 Å². The van der Waals surface area contributed by atoms with Gasteiger partial charge in [0.25, 0.3) is 0 Å². The molecular formula is C70H122O6. The quantitative estimate of drug-likeness (QED) is 0.0261. The molecule has 6 heteroatoms. The summed E-state index contributed by atoms with van der Waals surface area (Å²) in [5.74, 6) is -0.890. The molecule has 0 rings (SSSR count). The number of rotatable bonds is 59. The number of hydrogen-bond donors (Lipinski definition) is 0. The van der Waals surface area contributed by atoms with Gasteiger partial charge in [0.2, 0.25) is 0 Å². The van der Waals surface area contributed by atoms with Gasteiger partial charge >= 0.3 is 17.9 Å². The fourth-order valence-electron chi connectivity index (χ4n) is 9.27. The largest absolute Gasteiger partial charge is 0.462 e. The maximum absolute atomic E-state index is 12.9. The summed E-state index contributed by atoms with van der Waals surface area (Å²) >= 11 is 0. The summed E-state index contributed by atoms with van der Waals surface area (Å²) in [4.78, 5) is 38.2. The highest BCUT2D eigenvalue weighted by Gasteiger charge is 2.19. The summed E-state index contributed by atoms with van der Waals surface area (Å²) in [7, 11) is 0. The summed E-state index contributed by atoms with van der Waals surface area (Å²) in [5.41, 5.74) is 0. The number of unbranched alkanes of at least 4 members (excludes halogenated alkanes) is 34. The fraction of sp³-hybridized carbons (Fsp3) is 0.757. The zero-order valence-electron chi connectivity index (χ0n) is 50.3. The lowest BCUT2D eigenvalue weighted by Gasteiger charge is -2.18. The van der Waals surface area contributed by atoms with Gasteiger partial charge in [0.05, 0.1) is 0 Å². The summed E-state index contributed by atoms with van der Waals surface area (Å²) in [6.07, 6.45) is 84.6. The summed E-state index contributed by atoms with van der Waals surface area (Å²) < 4.78 is 16.9. The highest BCUT2D eigenvalue weighted by molar-refractivity contribution is 5.71. The molecular weight excluding hydrogens is 937 g/mol. The Morgan fingerprint density at radius 2 is 0.513 bits per heavy atom. The van der Waals surface area contributed by atoms with Crippen molar-refractivity contribution in [2.75, 3.05) is 13.2 Å². The molecule has 0 radical (unpaired) electrons. The molecule has 1 atom stereocenters. The second-order valence-corrected chi connectivity index (χ2v) is 21.6. The van der Waals surface area contributed by atoms with Crippen molar-refractivity contribution in [3.05, 3.63) is 85.1 Å². The second-order valence-electron chi connectivity index (χ2n) is 21.6. The van der Waals surface area contributed by atoms with Crippen LogP contribution >= 0.6 is 0 Å². The van der Waals surface area contributed by atoms with Gasteiger partial charge in [0.1, 0.15) is 13.2 Å². The number of allylic oxidation sites excluding steroid dienone is 14. The van der Waals surface area contributed by atoms with E-state index in [9.17, 15) is 14.4 Å². The predicted molar refractivity (Wildman–Crippen MR) is 330 cm³/mol. The molecule has 0 saturated heterocycles. The van der Waals surface area contributed by atoms with Crippen molar-refractivity contribution >= 4 is 17.9 Å². The first kappa shape index (κ1) is 72.6. The van der Waals surface area contributed by atoms with Crippen molar-refractivity contribution in [2.24, 2.45) is 0 Å². The van der Waals surface area contributed by atoms with Gasteiger partial charge in [0, 0.05) is 19.3 Å². The van der Waals surface area contributed by atoms with E-state index in [1.807, 2.05) is 0 Å². The normalized spacial score (nSPS) is 12.6. The van der Waals surface area contributed by atoms with E-state index >= 15 is 0 Å². The van der Waals surface area contributed by atoms with E-state index in [1.54, 1.807) is 0 Å². The van der Waals surface area contributed by atoms with Crippen molar-refractivity contribution in [1.82, 2.24) is 0 Å². The van der Waals surface area contributed by atoms with Crippen LogP contribution in [0.1, 0.15) is 323 Å². The molecule has 0 aromatic heterocycles. The lowest BCUT2D eigenvalue weighted by Crippen LogP contribution is -2.30. The highest BCUT2D eigenvalue weighted by atomic mass is 16.6. The molecule has 0 aromatic rings. The van der Waals surface area contributed by atoms with Crippen LogP contribution in [-0.2, 0) is 28.6 Å². The Balaban J connectivity index is 4.24. The molecule has 0 spiro atoms. The molecule has 1 unspecified atom stereocenters. The maximum atomic E-state index is 12.9. The van der Waals surface area contributed by atoms with Gasteiger partial charge in [-0.3, -0.25) is 14.4 Å². The van der Waals surface area contributed by atoms with Crippen LogP contribution in [0.15, 0.2) is 85.1 Å². The molecule has 0 aliphatic carbocycles. The molecule has 438 valence electrons. The van der Waals surface area contributed by atoms with Gasteiger partial charge < -0.3 is 14.2 Å². The average molecular weight is 1060 g/mol. The van der Waals surface area contributed by atoms with Gasteiger partial charge in [-0.15, -0.1) is 0 Å². The molecule has 0 fully saturated rings. The predicted octanol–water partition coefficient (Wildman–Crippen LogP) is 22.3. The molecule has 76 heavy (non-hydrogen) atoms. The molecule has 6 nitrogen and oxygen atoms in total. The van der Waals surface area contributed by atoms with E-state index in [0.717, 1.165) is 116 Å². The molecule has 0 bridgehead atoms. The summed E-state index contributed by atoms with van der Waals surface area (Å²) in [5, 5.41) is 0. The Hall–Kier alpha value is -3.41. The summed E-state index contributed by atoms with van der Waals surface area (Å²) in [6, 6.07) is 0. The third-order valence-electron chi connectivity index (χ3n) is 14.1. The number of carbonyl (C=O) groups excluding carboxylic acids is 3. The Morgan fingerprint density at radius 3 is 0.803 bits per heavy atom. The van der Waals surface area contributed by atoms with E-state index in [0.29, 0.717) is 19.3 Å². The van der Waals surface area contributed by atoms with Crippen LogP contribution < -0.4 is 0 Å². The van der Waals surface area contributed by atoms with E-state index in [4.69, 9.17) is 14.2 Å². The van der Waals surface area contributed by atoms with Crippen molar-refractivity contribution < 1.29 is 28.6 Å². The van der Waals surface area contributed by atoms with Crippen molar-refractivity contribution in [3.63, 3.8) is 0 Å². The third-order valence-corrected chi connectivity index (χ3v) is 14.1. The zero-order chi connectivity index (χ0) is 55.0. The monoisotopic (exact) mass is 1060 g/mol. The molecule has 0 amide bonds. The van der Waals surface area contributed by atoms with Gasteiger partial charge in [-0.05, 0) is 96.3 Å². The first-order chi connectivity index (χ1) is 37.5. The number of ether oxygens (including phenoxy) is 3. The minimum absolute atomic E-state index is 0.0816. The minimum atomic E-state index is -0.786. The second kappa shape index (κ2) is 64.1. The highest BCUT2D eigenvalue weighted by Crippen LogP contribution is 2.17. The van der Waals surface area contributed by atoms with Crippen molar-refractivity contribution in [1.29, 1.82) is 0 Å². The van der Waals surface area contributed by atoms with Crippen LogP contribution in [0.5, 0.6) is 0 Å². The Labute approximate surface area is 471 Å². The van der Waals surface area contributed by atoms with Crippen LogP contribution in [0.2, 0.25) is 0 Å². The van der Waals surface area contributed by atoms with Crippen LogP contribution in [0, 0.1) is 0 Å². The lowest BCUT2D eigenvalue weighted by atomic mass is 10.0. The van der Waals surface area contributed by atoms with Gasteiger partial charge in [-0.1, -0.05) is 292 Å². The molecule has 0 N–H and O–H groups in total. The van der Waals surface area contributed by atoms with E-state index in [2.05, 4.69) is 106 Å². The van der Waals surface area contributed by atoms with Crippen LogP contribution in [0.4, 0.5) is 0 Å². The topological polar surface area (TPSA) is 78.9 Å². The number of esters is 3. The van der Waals surface area contributed by atoms with Crippen LogP contribution in [0.25, 0.3) is 0 Å². The molecule has 0 aliphatic heterocycles. The SMILES string of the molecule is CC/C=C\C/C=C\C/C=C\C/C=C\C/C=C\CCCCCCCC(=O)OC(COC(=O)CCCCCCCCCCCC)COC(=O)CCCCCCCCCCCCCCCCC/C=C\C/C=C\CCCCCCC. The molecule has 0 saturated carbocycles. The first-order valence-electron chi connectivity index (χ1n) is 32.6. The Bertz CT molecular complexity index is 1450. The Kier molecular flexibility index (Phi) is 61.2. The zero-order valence-corrected chi connectivity index (χ0v) is 50.3. The molecule has 0 aliphatic rings. The third kappa shape index (κ3) is 61.4. The average Bonchev–Trinajstić information content (AvgIpc) is 3.42. The Morgan fingerprint density at radius 1 is 0.276 bits per heavy atom. The van der Waals surface area contributed by atoms with E-state index < -0.39 is 6.10 Å². The van der Waals surface area contributed by atoms with E-state index in [1.165, 1.54) is 167 Å². The number of hydrogen-bond acceptors (Lipinski definition) is 6. The smallest absolute Gasteiger partial charge is 0.306 e. The van der Waals surface area contributed by atoms with Crippen LogP contribution in [0.3, 0.4) is 0 Å². The molecule has 0 heterocycles. The maximum Gasteiger partial charge on any atom is 0.306 e. The summed E-state index contributed by atoms with van der Waals surface area (Å²) in [6.45, 7) is 6.52. The minimum Gasteiger partial charge on any atom is -0.462 e. The van der Waals surface area contributed by atoms with Gasteiger partial charge in [0.15, 0.2) is 6.10 Å². The van der Waals surface area contributed by atoms with Gasteiger partial charge in [-0.2, -0.15) is 0 Å². The van der Waals surface area contributed by atoms with E-state index in [-0.39, 0.29) is 31.1 Å².